The van der Waals surface area contributed by atoms with E-state index in [1.165, 1.54) is 11.3 Å². The third-order valence-corrected chi connectivity index (χ3v) is 5.79. The number of hydrogen-bond donors (Lipinski definition) is 1. The molecule has 0 saturated carbocycles. The highest BCUT2D eigenvalue weighted by Gasteiger charge is 2.24. The number of benzene rings is 1. The molecule has 138 valence electrons. The number of nitrogens with zero attached hydrogens (tertiary/aromatic N) is 3. The summed E-state index contributed by atoms with van der Waals surface area (Å²) in [6.45, 7) is 6.69. The zero-order valence-corrected chi connectivity index (χ0v) is 15.8. The highest BCUT2D eigenvalue weighted by Crippen LogP contribution is 2.35. The zero-order valence-electron chi connectivity index (χ0n) is 14.9. The van der Waals surface area contributed by atoms with E-state index < -0.39 is 0 Å². The maximum absolute atomic E-state index is 13.0. The quantitative estimate of drug-likeness (QED) is 0.885. The van der Waals surface area contributed by atoms with E-state index in [1.807, 2.05) is 25.1 Å². The molecule has 1 N–H and O–H groups in total. The fourth-order valence-corrected chi connectivity index (χ4v) is 4.18. The lowest BCUT2D eigenvalue weighted by atomic mass is 10.2. The molecule has 4 rings (SSSR count). The van der Waals surface area contributed by atoms with Crippen LogP contribution in [0.3, 0.4) is 0 Å². The first-order valence-corrected chi connectivity index (χ1v) is 9.56. The number of anilines is 2. The molecule has 26 heavy (non-hydrogen) atoms. The SMILES string of the molecule is Cc1nc(N2CCNCC2)sc1C(=O)N(C)c1ccc2c(c1)OCCO2. The highest BCUT2D eigenvalue weighted by molar-refractivity contribution is 7.17. The lowest BCUT2D eigenvalue weighted by Crippen LogP contribution is -2.43. The number of hydrogen-bond acceptors (Lipinski definition) is 7. The van der Waals surface area contributed by atoms with E-state index in [4.69, 9.17) is 9.47 Å². The lowest BCUT2D eigenvalue weighted by molar-refractivity contribution is 0.0996. The smallest absolute Gasteiger partial charge is 0.270 e. The van der Waals surface area contributed by atoms with Gasteiger partial charge in [0.25, 0.3) is 5.91 Å². The van der Waals surface area contributed by atoms with Gasteiger partial charge in [-0.3, -0.25) is 4.79 Å². The van der Waals surface area contributed by atoms with Gasteiger partial charge in [0.1, 0.15) is 18.1 Å². The Hall–Kier alpha value is -2.32. The van der Waals surface area contributed by atoms with Crippen LogP contribution in [0.5, 0.6) is 11.5 Å². The van der Waals surface area contributed by atoms with Crippen LogP contribution in [0.25, 0.3) is 0 Å². The maximum Gasteiger partial charge on any atom is 0.270 e. The number of rotatable bonds is 3. The Morgan fingerprint density at radius 3 is 2.73 bits per heavy atom. The molecule has 1 aromatic carbocycles. The molecule has 1 fully saturated rings. The second-order valence-electron chi connectivity index (χ2n) is 6.34. The standard InChI is InChI=1S/C18H22N4O3S/c1-12-16(26-18(20-12)22-7-5-19-6-8-22)17(23)21(2)13-3-4-14-15(11-13)25-10-9-24-14/h3-4,11,19H,5-10H2,1-2H3. The van der Waals surface area contributed by atoms with Crippen molar-refractivity contribution < 1.29 is 14.3 Å². The van der Waals surface area contributed by atoms with Gasteiger partial charge < -0.3 is 24.6 Å². The third kappa shape index (κ3) is 3.22. The highest BCUT2D eigenvalue weighted by atomic mass is 32.1. The fourth-order valence-electron chi connectivity index (χ4n) is 3.08. The van der Waals surface area contributed by atoms with Crippen LogP contribution >= 0.6 is 11.3 Å². The monoisotopic (exact) mass is 374 g/mol. The van der Waals surface area contributed by atoms with Crippen molar-refractivity contribution in [1.82, 2.24) is 10.3 Å². The number of aromatic nitrogens is 1. The zero-order chi connectivity index (χ0) is 18.1. The topological polar surface area (TPSA) is 66.9 Å². The molecule has 7 nitrogen and oxygen atoms in total. The number of carbonyl (C=O) groups excluding carboxylic acids is 1. The Labute approximate surface area is 156 Å². The van der Waals surface area contributed by atoms with Crippen molar-refractivity contribution in [3.8, 4) is 11.5 Å². The molecule has 0 unspecified atom stereocenters. The summed E-state index contributed by atoms with van der Waals surface area (Å²) in [5.41, 5.74) is 1.55. The van der Waals surface area contributed by atoms with Crippen molar-refractivity contribution in [2.75, 3.05) is 56.2 Å². The van der Waals surface area contributed by atoms with E-state index >= 15 is 0 Å². The molecule has 0 radical (unpaired) electrons. The van der Waals surface area contributed by atoms with E-state index in [0.717, 1.165) is 48.4 Å². The number of carbonyl (C=O) groups is 1. The van der Waals surface area contributed by atoms with E-state index in [9.17, 15) is 4.79 Å². The molecule has 1 aromatic heterocycles. The Morgan fingerprint density at radius 2 is 1.96 bits per heavy atom. The summed E-state index contributed by atoms with van der Waals surface area (Å²) in [4.78, 5) is 22.2. The van der Waals surface area contributed by atoms with Gasteiger partial charge in [0.2, 0.25) is 0 Å². The Balaban J connectivity index is 1.56. The first-order valence-electron chi connectivity index (χ1n) is 8.74. The molecular weight excluding hydrogens is 352 g/mol. The summed E-state index contributed by atoms with van der Waals surface area (Å²) in [5.74, 6) is 1.34. The summed E-state index contributed by atoms with van der Waals surface area (Å²) >= 11 is 1.47. The largest absolute Gasteiger partial charge is 0.486 e. The van der Waals surface area contributed by atoms with Gasteiger partial charge in [-0.25, -0.2) is 4.98 Å². The summed E-state index contributed by atoms with van der Waals surface area (Å²) in [6.07, 6.45) is 0. The number of amides is 1. The first-order chi connectivity index (χ1) is 12.6. The minimum absolute atomic E-state index is 0.0573. The van der Waals surface area contributed by atoms with E-state index in [1.54, 1.807) is 11.9 Å². The van der Waals surface area contributed by atoms with Crippen LogP contribution in [0.1, 0.15) is 15.4 Å². The molecule has 2 aromatic rings. The van der Waals surface area contributed by atoms with Crippen LogP contribution < -0.4 is 24.6 Å². The van der Waals surface area contributed by atoms with Crippen molar-refractivity contribution in [3.63, 3.8) is 0 Å². The summed E-state index contributed by atoms with van der Waals surface area (Å²) in [5, 5.41) is 4.25. The number of ether oxygens (including phenoxy) is 2. The average molecular weight is 374 g/mol. The molecule has 1 amide bonds. The molecule has 0 bridgehead atoms. The van der Waals surface area contributed by atoms with E-state index in [0.29, 0.717) is 23.8 Å². The van der Waals surface area contributed by atoms with Gasteiger partial charge in [0, 0.05) is 45.0 Å². The number of aryl methyl sites for hydroxylation is 1. The van der Waals surface area contributed by atoms with Crippen LogP contribution in [0, 0.1) is 6.92 Å². The number of thiazole rings is 1. The Morgan fingerprint density at radius 1 is 1.23 bits per heavy atom. The van der Waals surface area contributed by atoms with Crippen LogP contribution in [0.2, 0.25) is 0 Å². The van der Waals surface area contributed by atoms with Crippen LogP contribution in [-0.4, -0.2) is 57.3 Å². The molecule has 0 spiro atoms. The van der Waals surface area contributed by atoms with Gasteiger partial charge in [0.05, 0.1) is 5.69 Å². The van der Waals surface area contributed by atoms with Gasteiger partial charge in [-0.2, -0.15) is 0 Å². The van der Waals surface area contributed by atoms with E-state index in [2.05, 4.69) is 15.2 Å². The molecule has 1 saturated heterocycles. The van der Waals surface area contributed by atoms with Crippen molar-refractivity contribution >= 4 is 28.1 Å². The number of fused-ring (bicyclic) bond motifs is 1. The van der Waals surface area contributed by atoms with Crippen LogP contribution in [-0.2, 0) is 0 Å². The molecule has 8 heteroatoms. The molecule has 2 aliphatic rings. The molecule has 2 aliphatic heterocycles. The maximum atomic E-state index is 13.0. The first kappa shape index (κ1) is 17.1. The summed E-state index contributed by atoms with van der Waals surface area (Å²) in [6, 6.07) is 5.57. The number of nitrogens with one attached hydrogen (secondary N) is 1. The average Bonchev–Trinajstić information content (AvgIpc) is 3.09. The van der Waals surface area contributed by atoms with Gasteiger partial charge >= 0.3 is 0 Å². The molecule has 0 aliphatic carbocycles. The molecule has 0 atom stereocenters. The van der Waals surface area contributed by atoms with Crippen LogP contribution in [0.15, 0.2) is 18.2 Å². The second-order valence-corrected chi connectivity index (χ2v) is 7.32. The minimum atomic E-state index is -0.0573. The normalized spacial score (nSPS) is 16.5. The molecule has 3 heterocycles. The Bertz CT molecular complexity index is 817. The predicted molar refractivity (Wildman–Crippen MR) is 102 cm³/mol. The van der Waals surface area contributed by atoms with Crippen molar-refractivity contribution in [2.24, 2.45) is 0 Å². The van der Waals surface area contributed by atoms with Crippen molar-refractivity contribution in [2.45, 2.75) is 6.92 Å². The van der Waals surface area contributed by atoms with Crippen molar-refractivity contribution in [1.29, 1.82) is 0 Å². The van der Waals surface area contributed by atoms with Gasteiger partial charge in [-0.05, 0) is 19.1 Å². The third-order valence-electron chi connectivity index (χ3n) is 4.58. The lowest BCUT2D eigenvalue weighted by Gasteiger charge is -2.26. The minimum Gasteiger partial charge on any atom is -0.486 e. The van der Waals surface area contributed by atoms with Gasteiger partial charge in [-0.1, -0.05) is 11.3 Å². The van der Waals surface area contributed by atoms with Crippen LogP contribution in [0.4, 0.5) is 10.8 Å². The second kappa shape index (κ2) is 7.13. The summed E-state index contributed by atoms with van der Waals surface area (Å²) < 4.78 is 11.2. The van der Waals surface area contributed by atoms with Gasteiger partial charge in [0.15, 0.2) is 16.6 Å². The van der Waals surface area contributed by atoms with E-state index in [-0.39, 0.29) is 5.91 Å². The Kier molecular flexibility index (Phi) is 4.69. The number of piperazine rings is 1. The van der Waals surface area contributed by atoms with Gasteiger partial charge in [-0.15, -0.1) is 0 Å². The fraction of sp³-hybridized carbons (Fsp3) is 0.444. The molecular formula is C18H22N4O3S. The predicted octanol–water partition coefficient (Wildman–Crippen LogP) is 1.91. The van der Waals surface area contributed by atoms with Crippen molar-refractivity contribution in [3.05, 3.63) is 28.8 Å². The summed E-state index contributed by atoms with van der Waals surface area (Å²) in [7, 11) is 1.78.